The third kappa shape index (κ3) is 3.71. The van der Waals surface area contributed by atoms with Crippen LogP contribution < -0.4 is 11.3 Å². The second-order valence-corrected chi connectivity index (χ2v) is 5.69. The van der Waals surface area contributed by atoms with Gasteiger partial charge in [0.1, 0.15) is 0 Å². The van der Waals surface area contributed by atoms with Gasteiger partial charge in [-0.2, -0.15) is 0 Å². The molecule has 2 rings (SSSR count). The molecule has 2 aromatic carbocycles. The summed E-state index contributed by atoms with van der Waals surface area (Å²) >= 11 is 7.35. The van der Waals surface area contributed by atoms with E-state index >= 15 is 0 Å². The third-order valence-electron chi connectivity index (χ3n) is 2.88. The molecule has 21 heavy (non-hydrogen) atoms. The van der Waals surface area contributed by atoms with Crippen LogP contribution in [0.5, 0.6) is 0 Å². The van der Waals surface area contributed by atoms with Crippen molar-refractivity contribution in [3.63, 3.8) is 0 Å². The van der Waals surface area contributed by atoms with Crippen molar-refractivity contribution >= 4 is 23.4 Å². The second-order valence-electron chi connectivity index (χ2n) is 4.23. The smallest absolute Gasteiger partial charge is 0.194 e. The van der Waals surface area contributed by atoms with Gasteiger partial charge in [0.05, 0.1) is 11.1 Å². The van der Waals surface area contributed by atoms with Gasteiger partial charge in [-0.3, -0.25) is 11.3 Å². The SMILES string of the molecule is NNC(CSc1ccccc1Cl)c1ccc(F)c(F)c1F. The second kappa shape index (κ2) is 7.17. The van der Waals surface area contributed by atoms with Gasteiger partial charge in [0, 0.05) is 16.2 Å². The van der Waals surface area contributed by atoms with Crippen molar-refractivity contribution in [2.75, 3.05) is 5.75 Å². The molecule has 0 bridgehead atoms. The van der Waals surface area contributed by atoms with E-state index in [4.69, 9.17) is 17.4 Å². The first-order chi connectivity index (χ1) is 10.0. The van der Waals surface area contributed by atoms with Crippen LogP contribution in [0.3, 0.4) is 0 Å². The Bertz CT molecular complexity index is 640. The van der Waals surface area contributed by atoms with Crippen LogP contribution in [-0.4, -0.2) is 5.75 Å². The van der Waals surface area contributed by atoms with E-state index in [2.05, 4.69) is 5.43 Å². The maximum Gasteiger partial charge on any atom is 0.194 e. The van der Waals surface area contributed by atoms with Crippen molar-refractivity contribution in [2.45, 2.75) is 10.9 Å². The van der Waals surface area contributed by atoms with Crippen molar-refractivity contribution in [2.24, 2.45) is 5.84 Å². The van der Waals surface area contributed by atoms with Gasteiger partial charge in [-0.05, 0) is 18.2 Å². The minimum atomic E-state index is -1.50. The molecule has 0 aromatic heterocycles. The Kier molecular flexibility index (Phi) is 5.52. The Morgan fingerprint density at radius 3 is 2.48 bits per heavy atom. The zero-order valence-electron chi connectivity index (χ0n) is 10.7. The number of thioether (sulfide) groups is 1. The lowest BCUT2D eigenvalue weighted by atomic mass is 10.1. The van der Waals surface area contributed by atoms with Gasteiger partial charge in [0.15, 0.2) is 17.5 Å². The molecule has 0 spiro atoms. The molecule has 0 heterocycles. The summed E-state index contributed by atoms with van der Waals surface area (Å²) in [5.74, 6) is 1.72. The summed E-state index contributed by atoms with van der Waals surface area (Å²) in [6.07, 6.45) is 0. The van der Waals surface area contributed by atoms with Crippen LogP contribution in [0.1, 0.15) is 11.6 Å². The van der Waals surface area contributed by atoms with Crippen molar-refractivity contribution < 1.29 is 13.2 Å². The number of halogens is 4. The number of rotatable bonds is 5. The fourth-order valence-electron chi connectivity index (χ4n) is 1.77. The normalized spacial score (nSPS) is 12.4. The first kappa shape index (κ1) is 16.2. The highest BCUT2D eigenvalue weighted by Crippen LogP contribution is 2.31. The zero-order chi connectivity index (χ0) is 15.4. The quantitative estimate of drug-likeness (QED) is 0.375. The van der Waals surface area contributed by atoms with Crippen molar-refractivity contribution in [1.82, 2.24) is 5.43 Å². The van der Waals surface area contributed by atoms with Gasteiger partial charge in [0.25, 0.3) is 0 Å². The number of nitrogens with one attached hydrogen (secondary N) is 1. The summed E-state index contributed by atoms with van der Waals surface area (Å²) in [5.41, 5.74) is 2.37. The zero-order valence-corrected chi connectivity index (χ0v) is 12.3. The van der Waals surface area contributed by atoms with Gasteiger partial charge < -0.3 is 0 Å². The van der Waals surface area contributed by atoms with Crippen LogP contribution in [0.15, 0.2) is 41.3 Å². The summed E-state index contributed by atoms with van der Waals surface area (Å²) in [7, 11) is 0. The van der Waals surface area contributed by atoms with Crippen LogP contribution in [0, 0.1) is 17.5 Å². The minimum Gasteiger partial charge on any atom is -0.271 e. The lowest BCUT2D eigenvalue weighted by molar-refractivity contribution is 0.431. The molecule has 1 unspecified atom stereocenters. The molecule has 0 amide bonds. The first-order valence-corrected chi connectivity index (χ1v) is 7.37. The number of nitrogens with two attached hydrogens (primary N) is 1. The van der Waals surface area contributed by atoms with Crippen molar-refractivity contribution in [3.05, 3.63) is 64.4 Å². The Hall–Kier alpha value is -1.21. The average molecular weight is 333 g/mol. The molecule has 0 aliphatic rings. The Balaban J connectivity index is 2.18. The molecule has 0 saturated carbocycles. The van der Waals surface area contributed by atoms with E-state index in [0.29, 0.717) is 10.8 Å². The molecule has 2 aromatic rings. The van der Waals surface area contributed by atoms with Crippen LogP contribution in [0.25, 0.3) is 0 Å². The summed E-state index contributed by atoms with van der Waals surface area (Å²) < 4.78 is 40.0. The molecule has 0 saturated heterocycles. The van der Waals surface area contributed by atoms with Crippen LogP contribution in [0.4, 0.5) is 13.2 Å². The summed E-state index contributed by atoms with van der Waals surface area (Å²) in [6, 6.07) is 8.51. The van der Waals surface area contributed by atoms with Gasteiger partial charge in [-0.15, -0.1) is 11.8 Å². The predicted octanol–water partition coefficient (Wildman–Crippen LogP) is 4.05. The molecule has 0 aliphatic heterocycles. The lowest BCUT2D eigenvalue weighted by Crippen LogP contribution is -2.30. The highest BCUT2D eigenvalue weighted by molar-refractivity contribution is 7.99. The first-order valence-electron chi connectivity index (χ1n) is 6.01. The number of hydrogen-bond acceptors (Lipinski definition) is 3. The van der Waals surface area contributed by atoms with E-state index in [9.17, 15) is 13.2 Å². The maximum absolute atomic E-state index is 13.8. The number of benzene rings is 2. The molecule has 3 N–H and O–H groups in total. The van der Waals surface area contributed by atoms with Crippen molar-refractivity contribution in [3.8, 4) is 0 Å². The predicted molar refractivity (Wildman–Crippen MR) is 78.6 cm³/mol. The molecular weight excluding hydrogens is 321 g/mol. The molecule has 0 aliphatic carbocycles. The molecule has 7 heteroatoms. The van der Waals surface area contributed by atoms with Gasteiger partial charge in [-0.25, -0.2) is 13.2 Å². The summed E-state index contributed by atoms with van der Waals surface area (Å²) in [5, 5.41) is 0.559. The Morgan fingerprint density at radius 1 is 1.10 bits per heavy atom. The average Bonchev–Trinajstić information content (AvgIpc) is 2.49. The monoisotopic (exact) mass is 332 g/mol. The molecule has 112 valence electrons. The van der Waals surface area contributed by atoms with E-state index in [1.165, 1.54) is 17.8 Å². The molecule has 2 nitrogen and oxygen atoms in total. The molecule has 0 fully saturated rings. The van der Waals surface area contributed by atoms with Crippen LogP contribution in [0.2, 0.25) is 5.02 Å². The fraction of sp³-hybridized carbons (Fsp3) is 0.143. The largest absolute Gasteiger partial charge is 0.271 e. The van der Waals surface area contributed by atoms with Gasteiger partial charge >= 0.3 is 0 Å². The van der Waals surface area contributed by atoms with Gasteiger partial charge in [0.2, 0.25) is 0 Å². The molecular formula is C14H12ClF3N2S. The Morgan fingerprint density at radius 2 is 1.81 bits per heavy atom. The summed E-state index contributed by atoms with van der Waals surface area (Å²) in [4.78, 5) is 0.794. The lowest BCUT2D eigenvalue weighted by Gasteiger charge is -2.17. The minimum absolute atomic E-state index is 0.0315. The fourth-order valence-corrected chi connectivity index (χ4v) is 3.07. The summed E-state index contributed by atoms with van der Waals surface area (Å²) in [6.45, 7) is 0. The number of hydrazine groups is 1. The standard InChI is InChI=1S/C14H12ClF3N2S/c15-9-3-1-2-4-12(9)21-7-11(20-19)8-5-6-10(16)14(18)13(8)17/h1-6,11,20H,7,19H2. The highest BCUT2D eigenvalue weighted by atomic mass is 35.5. The van der Waals surface area contributed by atoms with Gasteiger partial charge in [-0.1, -0.05) is 29.8 Å². The molecule has 1 atom stereocenters. The van der Waals surface area contributed by atoms with Crippen LogP contribution in [-0.2, 0) is 0 Å². The topological polar surface area (TPSA) is 38.0 Å². The van der Waals surface area contributed by atoms with Crippen LogP contribution >= 0.6 is 23.4 Å². The van der Waals surface area contributed by atoms with E-state index in [1.54, 1.807) is 12.1 Å². The highest BCUT2D eigenvalue weighted by Gasteiger charge is 2.20. The van der Waals surface area contributed by atoms with E-state index in [1.807, 2.05) is 12.1 Å². The number of hydrogen-bond donors (Lipinski definition) is 2. The third-order valence-corrected chi connectivity index (χ3v) is 4.49. The molecule has 0 radical (unpaired) electrons. The maximum atomic E-state index is 13.8. The Labute approximate surface area is 129 Å². The van der Waals surface area contributed by atoms with E-state index < -0.39 is 23.5 Å². The van der Waals surface area contributed by atoms with E-state index in [-0.39, 0.29) is 5.56 Å². The van der Waals surface area contributed by atoms with E-state index in [0.717, 1.165) is 11.0 Å². The van der Waals surface area contributed by atoms with Crippen molar-refractivity contribution in [1.29, 1.82) is 0 Å².